The summed E-state index contributed by atoms with van der Waals surface area (Å²) >= 11 is 0. The molecule has 0 aliphatic rings. The normalized spacial score (nSPS) is 11.5. The fraction of sp³-hybridized carbons (Fsp3) is 1.00. The lowest BCUT2D eigenvalue weighted by atomic mass is 10.6. The smallest absolute Gasteiger partial charge is 0.0501 e. The Labute approximate surface area is 77.4 Å². The molecule has 2 nitrogen and oxygen atoms in total. The Bertz CT molecular complexity index is 88.5. The van der Waals surface area contributed by atoms with Gasteiger partial charge in [0.25, 0.3) is 0 Å². The van der Waals surface area contributed by atoms with E-state index in [1.165, 1.54) is 12.3 Å². The summed E-state index contributed by atoms with van der Waals surface area (Å²) in [6.45, 7) is 6.37. The van der Waals surface area contributed by atoms with Crippen molar-refractivity contribution in [2.24, 2.45) is 0 Å². The molecule has 0 aromatic carbocycles. The summed E-state index contributed by atoms with van der Waals surface area (Å²) in [6.07, 6.45) is 2.43. The van der Waals surface area contributed by atoms with Crippen LogP contribution in [0.3, 0.4) is 0 Å². The van der Waals surface area contributed by atoms with Gasteiger partial charge in [-0.3, -0.25) is 0 Å². The molecule has 0 atom stereocenters. The molecule has 0 radical (unpaired) electrons. The summed E-state index contributed by atoms with van der Waals surface area (Å²) in [7, 11) is 3.65. The minimum atomic E-state index is 0.119. The van der Waals surface area contributed by atoms with Gasteiger partial charge in [-0.2, -0.15) is 0 Å². The molecular formula is C9H21O2P. The molecule has 3 heteroatoms. The fourth-order valence-corrected chi connectivity index (χ4v) is 3.14. The van der Waals surface area contributed by atoms with Gasteiger partial charge in [0.15, 0.2) is 0 Å². The first-order valence-electron chi connectivity index (χ1n) is 4.44. The van der Waals surface area contributed by atoms with Crippen LogP contribution < -0.4 is 0 Å². The van der Waals surface area contributed by atoms with Gasteiger partial charge in [0.05, 0.1) is 13.2 Å². The second-order valence-electron chi connectivity index (χ2n) is 3.12. The highest BCUT2D eigenvalue weighted by Crippen LogP contribution is 2.39. The van der Waals surface area contributed by atoms with Crippen molar-refractivity contribution >= 4 is 7.92 Å². The Morgan fingerprint density at radius 3 is 1.67 bits per heavy atom. The van der Waals surface area contributed by atoms with Crippen molar-refractivity contribution < 1.29 is 9.47 Å². The van der Waals surface area contributed by atoms with E-state index in [0.717, 1.165) is 18.9 Å². The first kappa shape index (κ1) is 12.3. The molecule has 12 heavy (non-hydrogen) atoms. The Hall–Kier alpha value is 0.350. The average molecular weight is 192 g/mol. The number of hydrogen-bond donors (Lipinski definition) is 0. The van der Waals surface area contributed by atoms with Crippen LogP contribution in [-0.4, -0.2) is 45.4 Å². The molecule has 0 amide bonds. The van der Waals surface area contributed by atoms with E-state index in [2.05, 4.69) is 13.8 Å². The van der Waals surface area contributed by atoms with Gasteiger partial charge in [0.2, 0.25) is 0 Å². The lowest BCUT2D eigenvalue weighted by molar-refractivity contribution is 0.213. The quantitative estimate of drug-likeness (QED) is 0.575. The van der Waals surface area contributed by atoms with Crippen LogP contribution in [0, 0.1) is 0 Å². The molecule has 0 aromatic heterocycles. The van der Waals surface area contributed by atoms with Crippen molar-refractivity contribution in [1.29, 1.82) is 0 Å². The zero-order chi connectivity index (χ0) is 9.40. The Morgan fingerprint density at radius 1 is 1.00 bits per heavy atom. The molecule has 0 saturated heterocycles. The monoisotopic (exact) mass is 192 g/mol. The van der Waals surface area contributed by atoms with Crippen LogP contribution in [0.2, 0.25) is 0 Å². The molecule has 0 N–H and O–H groups in total. The highest BCUT2D eigenvalue weighted by Gasteiger charge is 2.11. The summed E-state index contributed by atoms with van der Waals surface area (Å²) in [5.74, 6) is 0. The first-order chi connectivity index (χ1) is 5.72. The lowest BCUT2D eigenvalue weighted by Crippen LogP contribution is -2.08. The van der Waals surface area contributed by atoms with Crippen molar-refractivity contribution in [1.82, 2.24) is 0 Å². The SMILES string of the molecule is COCCP(CCOC)C(C)C. The molecule has 74 valence electrons. The second kappa shape index (κ2) is 7.97. The molecule has 0 heterocycles. The maximum Gasteiger partial charge on any atom is 0.0501 e. The summed E-state index contributed by atoms with van der Waals surface area (Å²) in [6, 6.07) is 0. The van der Waals surface area contributed by atoms with Crippen LogP contribution in [-0.2, 0) is 9.47 Å². The van der Waals surface area contributed by atoms with Crippen LogP contribution >= 0.6 is 7.92 Å². The molecule has 0 fully saturated rings. The Kier molecular flexibility index (Phi) is 8.20. The van der Waals surface area contributed by atoms with Gasteiger partial charge in [-0.15, -0.1) is 0 Å². The summed E-state index contributed by atoms with van der Waals surface area (Å²) in [4.78, 5) is 0. The topological polar surface area (TPSA) is 18.5 Å². The minimum absolute atomic E-state index is 0.119. The molecular weight excluding hydrogens is 171 g/mol. The first-order valence-corrected chi connectivity index (χ1v) is 6.22. The third kappa shape index (κ3) is 5.93. The zero-order valence-corrected chi connectivity index (χ0v) is 9.56. The molecule has 0 rings (SSSR count). The van der Waals surface area contributed by atoms with Crippen molar-refractivity contribution in [2.75, 3.05) is 39.8 Å². The van der Waals surface area contributed by atoms with Gasteiger partial charge >= 0.3 is 0 Å². The molecule has 0 aromatic rings. The van der Waals surface area contributed by atoms with Gasteiger partial charge in [0.1, 0.15) is 0 Å². The maximum atomic E-state index is 5.08. The van der Waals surface area contributed by atoms with E-state index in [1.807, 2.05) is 0 Å². The van der Waals surface area contributed by atoms with Crippen LogP contribution in [0.4, 0.5) is 0 Å². The van der Waals surface area contributed by atoms with E-state index in [-0.39, 0.29) is 7.92 Å². The van der Waals surface area contributed by atoms with Crippen LogP contribution in [0.25, 0.3) is 0 Å². The van der Waals surface area contributed by atoms with E-state index in [1.54, 1.807) is 14.2 Å². The van der Waals surface area contributed by atoms with Crippen LogP contribution in [0.5, 0.6) is 0 Å². The zero-order valence-electron chi connectivity index (χ0n) is 8.67. The Morgan fingerprint density at radius 2 is 1.42 bits per heavy atom. The van der Waals surface area contributed by atoms with Crippen LogP contribution in [0.1, 0.15) is 13.8 Å². The number of ether oxygens (including phenoxy) is 2. The highest BCUT2D eigenvalue weighted by molar-refractivity contribution is 7.58. The largest absolute Gasteiger partial charge is 0.384 e. The van der Waals surface area contributed by atoms with Gasteiger partial charge in [-0.1, -0.05) is 21.8 Å². The highest BCUT2D eigenvalue weighted by atomic mass is 31.1. The number of hydrogen-bond acceptors (Lipinski definition) is 2. The average Bonchev–Trinajstić information content (AvgIpc) is 2.04. The third-order valence-electron chi connectivity index (χ3n) is 1.90. The van der Waals surface area contributed by atoms with Crippen molar-refractivity contribution in [3.63, 3.8) is 0 Å². The molecule has 0 aliphatic carbocycles. The maximum absolute atomic E-state index is 5.08. The predicted molar refractivity (Wildman–Crippen MR) is 55.5 cm³/mol. The van der Waals surface area contributed by atoms with E-state index >= 15 is 0 Å². The van der Waals surface area contributed by atoms with Gasteiger partial charge < -0.3 is 9.47 Å². The summed E-state index contributed by atoms with van der Waals surface area (Å²) in [5.41, 5.74) is 0.797. The van der Waals surface area contributed by atoms with E-state index in [9.17, 15) is 0 Å². The van der Waals surface area contributed by atoms with Crippen molar-refractivity contribution in [3.05, 3.63) is 0 Å². The molecule has 0 unspecified atom stereocenters. The Balaban J connectivity index is 3.55. The molecule has 0 spiro atoms. The third-order valence-corrected chi connectivity index (χ3v) is 4.87. The van der Waals surface area contributed by atoms with Gasteiger partial charge in [-0.25, -0.2) is 0 Å². The van der Waals surface area contributed by atoms with Crippen molar-refractivity contribution in [3.8, 4) is 0 Å². The second-order valence-corrected chi connectivity index (χ2v) is 6.22. The van der Waals surface area contributed by atoms with Crippen LogP contribution in [0.15, 0.2) is 0 Å². The van der Waals surface area contributed by atoms with E-state index in [4.69, 9.17) is 9.47 Å². The fourth-order valence-electron chi connectivity index (χ4n) is 1.05. The molecule has 0 saturated carbocycles. The van der Waals surface area contributed by atoms with Gasteiger partial charge in [0, 0.05) is 14.2 Å². The lowest BCUT2D eigenvalue weighted by Gasteiger charge is -2.20. The van der Waals surface area contributed by atoms with Crippen molar-refractivity contribution in [2.45, 2.75) is 19.5 Å². The number of rotatable bonds is 7. The predicted octanol–water partition coefficient (Wildman–Crippen LogP) is 2.17. The van der Waals surface area contributed by atoms with E-state index < -0.39 is 0 Å². The summed E-state index contributed by atoms with van der Waals surface area (Å²) in [5, 5.41) is 0. The standard InChI is InChI=1S/C9H21O2P/c1-9(2)12(7-5-10-3)8-6-11-4/h9H,5-8H2,1-4H3. The summed E-state index contributed by atoms with van der Waals surface area (Å²) < 4.78 is 10.2. The van der Waals surface area contributed by atoms with E-state index in [0.29, 0.717) is 0 Å². The molecule has 0 bridgehead atoms. The minimum Gasteiger partial charge on any atom is -0.384 e. The van der Waals surface area contributed by atoms with Gasteiger partial charge in [-0.05, 0) is 18.0 Å². The molecule has 0 aliphatic heterocycles. The number of methoxy groups -OCH3 is 2.